The van der Waals surface area contributed by atoms with E-state index in [0.717, 1.165) is 0 Å². The SMILES string of the molecule is CCC(=O)c1ccccc1C(=O)N[C@@H](CCS)C(=O)O. The largest absolute Gasteiger partial charge is 0.480 e. The number of ketones is 1. The van der Waals surface area contributed by atoms with Crippen LogP contribution in [0.3, 0.4) is 0 Å². The van der Waals surface area contributed by atoms with E-state index in [1.807, 2.05) is 0 Å². The van der Waals surface area contributed by atoms with E-state index in [1.54, 1.807) is 25.1 Å². The average Bonchev–Trinajstić information content (AvgIpc) is 2.45. The minimum Gasteiger partial charge on any atom is -0.480 e. The fourth-order valence-corrected chi connectivity index (χ4v) is 2.00. The molecular formula is C14H17NO4S. The van der Waals surface area contributed by atoms with Gasteiger partial charge in [0.25, 0.3) is 5.91 Å². The van der Waals surface area contributed by atoms with Gasteiger partial charge in [0.2, 0.25) is 0 Å². The molecule has 0 saturated heterocycles. The van der Waals surface area contributed by atoms with Crippen molar-refractivity contribution in [1.29, 1.82) is 0 Å². The summed E-state index contributed by atoms with van der Waals surface area (Å²) < 4.78 is 0. The summed E-state index contributed by atoms with van der Waals surface area (Å²) in [5, 5.41) is 11.4. The number of Topliss-reactive ketones (excluding diaryl/α,β-unsaturated/α-hetero) is 1. The van der Waals surface area contributed by atoms with Crippen molar-refractivity contribution in [1.82, 2.24) is 5.32 Å². The number of carbonyl (C=O) groups is 3. The second-order valence-electron chi connectivity index (χ2n) is 4.20. The number of hydrogen-bond donors (Lipinski definition) is 3. The molecule has 0 radical (unpaired) electrons. The maximum atomic E-state index is 12.1. The third-order valence-electron chi connectivity index (χ3n) is 2.81. The summed E-state index contributed by atoms with van der Waals surface area (Å²) in [6.07, 6.45) is 0.497. The van der Waals surface area contributed by atoms with Crippen LogP contribution in [0, 0.1) is 0 Å². The van der Waals surface area contributed by atoms with Crippen molar-refractivity contribution in [3.05, 3.63) is 35.4 Å². The number of rotatable bonds is 7. The summed E-state index contributed by atoms with van der Waals surface area (Å²) in [6.45, 7) is 1.71. The zero-order valence-corrected chi connectivity index (χ0v) is 12.0. The molecule has 0 aliphatic heterocycles. The Hall–Kier alpha value is -1.82. The molecule has 0 saturated carbocycles. The van der Waals surface area contributed by atoms with E-state index >= 15 is 0 Å². The van der Waals surface area contributed by atoms with Crippen molar-refractivity contribution in [3.63, 3.8) is 0 Å². The minimum absolute atomic E-state index is 0.156. The molecule has 2 N–H and O–H groups in total. The minimum atomic E-state index is -1.12. The third-order valence-corrected chi connectivity index (χ3v) is 3.07. The lowest BCUT2D eigenvalue weighted by Crippen LogP contribution is -2.41. The monoisotopic (exact) mass is 295 g/mol. The standard InChI is InChI=1S/C14H17NO4S/c1-2-12(16)9-5-3-4-6-10(9)13(17)15-11(7-8-20)14(18)19/h3-6,11,20H,2,7-8H2,1H3,(H,15,17)(H,18,19)/t11-/m0/s1. The molecule has 6 heteroatoms. The number of amides is 1. The fraction of sp³-hybridized carbons (Fsp3) is 0.357. The molecule has 0 unspecified atom stereocenters. The Labute approximate surface area is 122 Å². The second-order valence-corrected chi connectivity index (χ2v) is 4.65. The van der Waals surface area contributed by atoms with E-state index < -0.39 is 17.9 Å². The van der Waals surface area contributed by atoms with Gasteiger partial charge in [-0.05, 0) is 18.2 Å². The van der Waals surface area contributed by atoms with Gasteiger partial charge in [0.1, 0.15) is 6.04 Å². The zero-order valence-electron chi connectivity index (χ0n) is 11.1. The summed E-state index contributed by atoms with van der Waals surface area (Å²) in [7, 11) is 0. The lowest BCUT2D eigenvalue weighted by atomic mass is 10.0. The van der Waals surface area contributed by atoms with Crippen LogP contribution in [0.4, 0.5) is 0 Å². The first-order valence-corrected chi connectivity index (χ1v) is 6.91. The van der Waals surface area contributed by atoms with Crippen LogP contribution in [0.1, 0.15) is 40.5 Å². The molecule has 0 spiro atoms. The van der Waals surface area contributed by atoms with Crippen LogP contribution in [0.5, 0.6) is 0 Å². The van der Waals surface area contributed by atoms with Gasteiger partial charge in [-0.15, -0.1) is 0 Å². The number of aliphatic carboxylic acids is 1. The van der Waals surface area contributed by atoms with Crippen LogP contribution in [0.2, 0.25) is 0 Å². The van der Waals surface area contributed by atoms with E-state index in [2.05, 4.69) is 17.9 Å². The predicted octanol–water partition coefficient (Wildman–Crippen LogP) is 1.78. The van der Waals surface area contributed by atoms with Crippen molar-refractivity contribution >= 4 is 30.3 Å². The maximum absolute atomic E-state index is 12.1. The van der Waals surface area contributed by atoms with Crippen LogP contribution in [0.25, 0.3) is 0 Å². The lowest BCUT2D eigenvalue weighted by Gasteiger charge is -2.14. The summed E-state index contributed by atoms with van der Waals surface area (Å²) in [4.78, 5) is 34.9. The molecule has 108 valence electrons. The Morgan fingerprint density at radius 1 is 1.25 bits per heavy atom. The number of carbonyl (C=O) groups excluding carboxylic acids is 2. The van der Waals surface area contributed by atoms with Gasteiger partial charge in [-0.25, -0.2) is 4.79 Å². The fourth-order valence-electron chi connectivity index (χ4n) is 1.74. The number of carboxylic acids is 1. The highest BCUT2D eigenvalue weighted by molar-refractivity contribution is 7.80. The van der Waals surface area contributed by atoms with Gasteiger partial charge in [-0.2, -0.15) is 12.6 Å². The Morgan fingerprint density at radius 2 is 1.85 bits per heavy atom. The van der Waals surface area contributed by atoms with Gasteiger partial charge < -0.3 is 10.4 Å². The van der Waals surface area contributed by atoms with Crippen LogP contribution in [-0.4, -0.2) is 34.6 Å². The second kappa shape index (κ2) is 7.69. The lowest BCUT2D eigenvalue weighted by molar-refractivity contribution is -0.139. The van der Waals surface area contributed by atoms with E-state index in [1.165, 1.54) is 6.07 Å². The molecule has 5 nitrogen and oxygen atoms in total. The summed E-state index contributed by atoms with van der Waals surface area (Å²) in [5.74, 6) is -1.49. The van der Waals surface area contributed by atoms with Gasteiger partial charge in [0, 0.05) is 12.0 Å². The number of carboxylic acid groups (broad SMARTS) is 1. The number of benzene rings is 1. The van der Waals surface area contributed by atoms with Crippen LogP contribution in [0.15, 0.2) is 24.3 Å². The van der Waals surface area contributed by atoms with Crippen molar-refractivity contribution in [3.8, 4) is 0 Å². The highest BCUT2D eigenvalue weighted by atomic mass is 32.1. The average molecular weight is 295 g/mol. The summed E-state index contributed by atoms with van der Waals surface area (Å²) in [6, 6.07) is 5.37. The first kappa shape index (κ1) is 16.2. The topological polar surface area (TPSA) is 83.5 Å². The first-order chi connectivity index (χ1) is 9.51. The highest BCUT2D eigenvalue weighted by Crippen LogP contribution is 2.12. The predicted molar refractivity (Wildman–Crippen MR) is 78.4 cm³/mol. The molecule has 1 aromatic rings. The zero-order chi connectivity index (χ0) is 15.1. The normalized spacial score (nSPS) is 11.7. The molecule has 0 heterocycles. The maximum Gasteiger partial charge on any atom is 0.326 e. The Kier molecular flexibility index (Phi) is 6.24. The first-order valence-electron chi connectivity index (χ1n) is 6.28. The van der Waals surface area contributed by atoms with Gasteiger partial charge >= 0.3 is 5.97 Å². The van der Waals surface area contributed by atoms with Crippen LogP contribution in [-0.2, 0) is 4.79 Å². The van der Waals surface area contributed by atoms with Crippen LogP contribution >= 0.6 is 12.6 Å². The highest BCUT2D eigenvalue weighted by Gasteiger charge is 2.22. The quantitative estimate of drug-likeness (QED) is 0.529. The molecule has 0 aliphatic rings. The Balaban J connectivity index is 2.97. The van der Waals surface area contributed by atoms with Crippen molar-refractivity contribution in [2.24, 2.45) is 0 Å². The molecule has 1 atom stereocenters. The van der Waals surface area contributed by atoms with E-state index in [9.17, 15) is 14.4 Å². The van der Waals surface area contributed by atoms with E-state index in [4.69, 9.17) is 5.11 Å². The summed E-state index contributed by atoms with van der Waals surface area (Å²) in [5.41, 5.74) is 0.507. The molecule has 0 bridgehead atoms. The molecule has 1 aromatic carbocycles. The molecule has 20 heavy (non-hydrogen) atoms. The van der Waals surface area contributed by atoms with Gasteiger partial charge in [-0.3, -0.25) is 9.59 Å². The number of thiol groups is 1. The van der Waals surface area contributed by atoms with E-state index in [0.29, 0.717) is 11.3 Å². The van der Waals surface area contributed by atoms with Crippen LogP contribution < -0.4 is 5.32 Å². The van der Waals surface area contributed by atoms with Crippen molar-refractivity contribution in [2.75, 3.05) is 5.75 Å². The van der Waals surface area contributed by atoms with Gasteiger partial charge in [-0.1, -0.05) is 25.1 Å². The molecule has 1 rings (SSSR count). The van der Waals surface area contributed by atoms with Gasteiger partial charge in [0.15, 0.2) is 5.78 Å². The molecule has 0 aliphatic carbocycles. The molecule has 0 fully saturated rings. The third kappa shape index (κ3) is 4.09. The molecular weight excluding hydrogens is 278 g/mol. The summed E-state index contributed by atoms with van der Waals surface area (Å²) >= 11 is 3.96. The number of nitrogens with one attached hydrogen (secondary N) is 1. The van der Waals surface area contributed by atoms with Gasteiger partial charge in [0.05, 0.1) is 5.56 Å². The van der Waals surface area contributed by atoms with E-state index in [-0.39, 0.29) is 24.2 Å². The smallest absolute Gasteiger partial charge is 0.326 e. The van der Waals surface area contributed by atoms with Crippen molar-refractivity contribution < 1.29 is 19.5 Å². The molecule has 0 aromatic heterocycles. The Morgan fingerprint density at radius 3 is 2.35 bits per heavy atom. The van der Waals surface area contributed by atoms with Crippen molar-refractivity contribution in [2.45, 2.75) is 25.8 Å². The Bertz CT molecular complexity index is 516. The number of hydrogen-bond acceptors (Lipinski definition) is 4. The molecule has 1 amide bonds.